The predicted molar refractivity (Wildman–Crippen MR) is 229 cm³/mol. The first-order valence-corrected chi connectivity index (χ1v) is 20.9. The van der Waals surface area contributed by atoms with E-state index >= 15 is 0 Å². The summed E-state index contributed by atoms with van der Waals surface area (Å²) >= 11 is 0. The maximum Gasteiger partial charge on any atom is 0.159 e. The van der Waals surface area contributed by atoms with Gasteiger partial charge in [0.2, 0.25) is 0 Å². The Bertz CT molecular complexity index is 2100. The Labute approximate surface area is 313 Å². The molecule has 1 aliphatic rings. The molecule has 6 aromatic carbocycles. The van der Waals surface area contributed by atoms with Gasteiger partial charge in [0.05, 0.1) is 0 Å². The van der Waals surface area contributed by atoms with Gasteiger partial charge in [0.15, 0.2) is 8.07 Å². The maximum atomic E-state index is 2.55. The second kappa shape index (κ2) is 13.9. The number of aryl methyl sites for hydroxylation is 6. The Morgan fingerprint density at radius 2 is 0.577 bits per heavy atom. The van der Waals surface area contributed by atoms with Crippen molar-refractivity contribution in [3.63, 3.8) is 0 Å². The molecule has 0 fully saturated rings. The summed E-state index contributed by atoms with van der Waals surface area (Å²) in [5.74, 6) is 0. The summed E-state index contributed by atoms with van der Waals surface area (Å²) in [5.41, 5.74) is 21.7. The van der Waals surface area contributed by atoms with Gasteiger partial charge < -0.3 is 0 Å². The fraction of sp³-hybridized carbons (Fsp3) is 0.216. The SMILES string of the molecule is CC1=C(C)C([Si](c2cccc(-c3cc(C)cc(C)c3)c2)(c2cccc(-c3cc(C)cc(C)c3)c2)c2cccc(-c3cc(C)cc(C)c3)c2)C(C)=C1C. The zero-order chi connectivity index (χ0) is 36.9. The lowest BCUT2D eigenvalue weighted by molar-refractivity contribution is 1.09. The Hall–Kier alpha value is -4.98. The van der Waals surface area contributed by atoms with Crippen LogP contribution in [0.3, 0.4) is 0 Å². The first kappa shape index (κ1) is 35.4. The van der Waals surface area contributed by atoms with E-state index < -0.39 is 8.07 Å². The highest BCUT2D eigenvalue weighted by Crippen LogP contribution is 2.47. The van der Waals surface area contributed by atoms with Gasteiger partial charge in [0.1, 0.15) is 0 Å². The first-order valence-electron chi connectivity index (χ1n) is 18.8. The molecule has 1 aliphatic carbocycles. The van der Waals surface area contributed by atoms with Gasteiger partial charge in [0.25, 0.3) is 0 Å². The summed E-state index contributed by atoms with van der Waals surface area (Å²) in [6.45, 7) is 22.8. The zero-order valence-corrected chi connectivity index (χ0v) is 33.7. The average molecular weight is 693 g/mol. The second-order valence-corrected chi connectivity index (χ2v) is 19.7. The molecule has 0 saturated carbocycles. The van der Waals surface area contributed by atoms with Crippen molar-refractivity contribution < 1.29 is 0 Å². The van der Waals surface area contributed by atoms with Gasteiger partial charge in [-0.2, -0.15) is 0 Å². The van der Waals surface area contributed by atoms with Gasteiger partial charge >= 0.3 is 0 Å². The molecule has 0 amide bonds. The van der Waals surface area contributed by atoms with Crippen LogP contribution in [0, 0.1) is 41.5 Å². The van der Waals surface area contributed by atoms with E-state index in [1.807, 2.05) is 0 Å². The monoisotopic (exact) mass is 692 g/mol. The van der Waals surface area contributed by atoms with Crippen LogP contribution >= 0.6 is 0 Å². The lowest BCUT2D eigenvalue weighted by Crippen LogP contribution is -2.70. The molecule has 7 rings (SSSR count). The van der Waals surface area contributed by atoms with Gasteiger partial charge in [-0.3, -0.25) is 0 Å². The highest BCUT2D eigenvalue weighted by Gasteiger charge is 2.50. The van der Waals surface area contributed by atoms with Crippen LogP contribution in [0.5, 0.6) is 0 Å². The summed E-state index contributed by atoms with van der Waals surface area (Å²) in [5, 5.41) is 4.35. The third-order valence-corrected chi connectivity index (χ3v) is 17.1. The van der Waals surface area contributed by atoms with E-state index in [0.717, 1.165) is 0 Å². The molecule has 0 N–H and O–H groups in total. The molecule has 0 unspecified atom stereocenters. The van der Waals surface area contributed by atoms with Gasteiger partial charge in [-0.15, -0.1) is 0 Å². The average Bonchev–Trinajstić information content (AvgIpc) is 3.30. The van der Waals surface area contributed by atoms with E-state index in [4.69, 9.17) is 0 Å². The summed E-state index contributed by atoms with van der Waals surface area (Å²) in [6.07, 6.45) is 0. The Kier molecular flexibility index (Phi) is 9.44. The number of hydrogen-bond acceptors (Lipinski definition) is 0. The van der Waals surface area contributed by atoms with Crippen molar-refractivity contribution in [1.82, 2.24) is 0 Å². The van der Waals surface area contributed by atoms with Gasteiger partial charge in [-0.1, -0.05) is 172 Å². The van der Waals surface area contributed by atoms with Gasteiger partial charge in [-0.25, -0.2) is 0 Å². The van der Waals surface area contributed by atoms with Crippen LogP contribution in [0.4, 0.5) is 0 Å². The standard InChI is InChI=1S/C51H52Si/c1-32-20-33(2)24-45(23-32)42-14-11-17-48(29-42)52(51-40(9)38(7)39(8)41(51)10,49-18-12-15-43(30-49)46-25-34(3)21-35(4)26-46)50-19-13-16-44(31-50)47-27-36(5)22-37(6)28-47/h11-31,51H,1-10H3. The Balaban J connectivity index is 1.61. The molecule has 0 saturated heterocycles. The lowest BCUT2D eigenvalue weighted by atomic mass is 10.0. The molecule has 0 radical (unpaired) electrons. The fourth-order valence-corrected chi connectivity index (χ4v) is 15.2. The van der Waals surface area contributed by atoms with E-state index in [-0.39, 0.29) is 5.54 Å². The molecule has 260 valence electrons. The van der Waals surface area contributed by atoms with Crippen LogP contribution in [-0.4, -0.2) is 8.07 Å². The maximum absolute atomic E-state index is 2.89. The lowest BCUT2D eigenvalue weighted by Gasteiger charge is -2.41. The molecule has 0 spiro atoms. The molecule has 0 aliphatic heterocycles. The summed E-state index contributed by atoms with van der Waals surface area (Å²) in [7, 11) is -2.89. The van der Waals surface area contributed by atoms with Crippen molar-refractivity contribution >= 4 is 23.6 Å². The highest BCUT2D eigenvalue weighted by molar-refractivity contribution is 7.13. The third-order valence-electron chi connectivity index (χ3n) is 11.7. The quantitative estimate of drug-likeness (QED) is 0.115. The topological polar surface area (TPSA) is 0 Å². The van der Waals surface area contributed by atoms with Gasteiger partial charge in [0, 0.05) is 5.54 Å². The van der Waals surface area contributed by atoms with E-state index in [1.54, 1.807) is 0 Å². The normalized spacial score (nSPS) is 13.7. The van der Waals surface area contributed by atoms with Crippen molar-refractivity contribution in [2.45, 2.75) is 74.8 Å². The minimum Gasteiger partial charge on any atom is -0.0647 e. The molecule has 0 atom stereocenters. The first-order chi connectivity index (χ1) is 24.8. The van der Waals surface area contributed by atoms with E-state index in [1.165, 1.54) is 105 Å². The number of hydrogen-bond donors (Lipinski definition) is 0. The van der Waals surface area contributed by atoms with Crippen LogP contribution in [0.1, 0.15) is 61.1 Å². The number of allylic oxidation sites excluding steroid dienone is 4. The van der Waals surface area contributed by atoms with E-state index in [2.05, 4.69) is 197 Å². The van der Waals surface area contributed by atoms with E-state index in [9.17, 15) is 0 Å². The molecule has 0 heterocycles. The van der Waals surface area contributed by atoms with Crippen molar-refractivity contribution in [3.05, 3.63) is 183 Å². The van der Waals surface area contributed by atoms with Crippen LogP contribution in [-0.2, 0) is 0 Å². The highest BCUT2D eigenvalue weighted by atomic mass is 28.3. The van der Waals surface area contributed by atoms with Crippen molar-refractivity contribution in [2.24, 2.45) is 0 Å². The molecular formula is C51H52Si. The molecular weight excluding hydrogens is 641 g/mol. The molecule has 52 heavy (non-hydrogen) atoms. The number of benzene rings is 6. The number of rotatable bonds is 7. The van der Waals surface area contributed by atoms with Crippen LogP contribution in [0.25, 0.3) is 33.4 Å². The van der Waals surface area contributed by atoms with Gasteiger partial charge in [-0.05, 0) is 129 Å². The van der Waals surface area contributed by atoms with Crippen molar-refractivity contribution in [3.8, 4) is 33.4 Å². The largest absolute Gasteiger partial charge is 0.159 e. The van der Waals surface area contributed by atoms with Crippen LogP contribution < -0.4 is 15.6 Å². The van der Waals surface area contributed by atoms with E-state index in [0.29, 0.717) is 0 Å². The summed E-state index contributed by atoms with van der Waals surface area (Å²) < 4.78 is 0. The Morgan fingerprint density at radius 1 is 0.308 bits per heavy atom. The third kappa shape index (κ3) is 6.37. The minimum atomic E-state index is -2.89. The molecule has 0 bridgehead atoms. The minimum absolute atomic E-state index is 0.269. The molecule has 6 aromatic rings. The summed E-state index contributed by atoms with van der Waals surface area (Å²) in [4.78, 5) is 0. The molecule has 0 aromatic heterocycles. The fourth-order valence-electron chi connectivity index (χ4n) is 9.25. The summed E-state index contributed by atoms with van der Waals surface area (Å²) in [6, 6.07) is 49.8. The predicted octanol–water partition coefficient (Wildman–Crippen LogP) is 12.1. The van der Waals surface area contributed by atoms with Crippen LogP contribution in [0.2, 0.25) is 5.54 Å². The van der Waals surface area contributed by atoms with Crippen LogP contribution in [0.15, 0.2) is 150 Å². The van der Waals surface area contributed by atoms with Crippen molar-refractivity contribution in [1.29, 1.82) is 0 Å². The second-order valence-electron chi connectivity index (χ2n) is 15.7. The molecule has 1 heteroatoms. The molecule has 0 nitrogen and oxygen atoms in total. The smallest absolute Gasteiger partial charge is 0.0647 e. The van der Waals surface area contributed by atoms with Crippen molar-refractivity contribution in [2.75, 3.05) is 0 Å². The zero-order valence-electron chi connectivity index (χ0n) is 32.7. The Morgan fingerprint density at radius 3 is 0.846 bits per heavy atom.